The molecule has 2 N–H and O–H groups in total. The maximum atomic E-state index is 9.47. The van der Waals surface area contributed by atoms with Crippen LogP contribution in [0, 0.1) is 11.3 Å². The van der Waals surface area contributed by atoms with E-state index in [-0.39, 0.29) is 5.25 Å². The van der Waals surface area contributed by atoms with Crippen molar-refractivity contribution in [3.8, 4) is 6.07 Å². The number of benzene rings is 2. The van der Waals surface area contributed by atoms with Crippen molar-refractivity contribution < 1.29 is 0 Å². The zero-order chi connectivity index (χ0) is 14.1. The van der Waals surface area contributed by atoms with Gasteiger partial charge in [0.15, 0.2) is 0 Å². The summed E-state index contributed by atoms with van der Waals surface area (Å²) in [6, 6.07) is 17.7. The normalized spacial score (nSPS) is 17.5. The molecule has 0 amide bonds. The molecule has 0 spiro atoms. The Morgan fingerprint density at radius 2 is 1.80 bits per heavy atom. The van der Waals surface area contributed by atoms with Gasteiger partial charge in [-0.2, -0.15) is 5.26 Å². The number of rotatable bonds is 1. The second-order valence-corrected chi connectivity index (χ2v) is 6.01. The summed E-state index contributed by atoms with van der Waals surface area (Å²) < 4.78 is 0. The van der Waals surface area contributed by atoms with Crippen LogP contribution in [0.1, 0.15) is 16.4 Å². The van der Waals surface area contributed by atoms with Crippen molar-refractivity contribution in [1.82, 2.24) is 0 Å². The second-order valence-electron chi connectivity index (χ2n) is 4.45. The van der Waals surface area contributed by atoms with E-state index < -0.39 is 0 Å². The minimum Gasteiger partial charge on any atom is -0.397 e. The van der Waals surface area contributed by atoms with E-state index in [4.69, 9.17) is 17.3 Å². The summed E-state index contributed by atoms with van der Waals surface area (Å²) in [6.45, 7) is 0. The summed E-state index contributed by atoms with van der Waals surface area (Å²) >= 11 is 7.88. The molecule has 1 unspecified atom stereocenters. The number of thioether (sulfide) groups is 1. The maximum absolute atomic E-state index is 9.47. The largest absolute Gasteiger partial charge is 0.397 e. The van der Waals surface area contributed by atoms with Gasteiger partial charge in [0.2, 0.25) is 0 Å². The van der Waals surface area contributed by atoms with Gasteiger partial charge in [0.1, 0.15) is 0 Å². The molecule has 4 heteroatoms. The highest BCUT2D eigenvalue weighted by Crippen LogP contribution is 2.49. The van der Waals surface area contributed by atoms with E-state index in [0.717, 1.165) is 16.0 Å². The van der Waals surface area contributed by atoms with Crippen LogP contribution >= 0.6 is 23.4 Å². The van der Waals surface area contributed by atoms with Gasteiger partial charge in [-0.05, 0) is 17.7 Å². The Morgan fingerprint density at radius 3 is 2.55 bits per heavy atom. The van der Waals surface area contributed by atoms with Crippen molar-refractivity contribution in [1.29, 1.82) is 5.26 Å². The molecule has 98 valence electrons. The summed E-state index contributed by atoms with van der Waals surface area (Å²) in [5, 5.41) is 9.97. The molecule has 0 saturated carbocycles. The average Bonchev–Trinajstić information content (AvgIpc) is 2.48. The molecular formula is C16H11ClN2S. The lowest BCUT2D eigenvalue weighted by atomic mass is 9.99. The lowest BCUT2D eigenvalue weighted by Gasteiger charge is -2.25. The Morgan fingerprint density at radius 1 is 1.10 bits per heavy atom. The molecule has 1 atom stereocenters. The van der Waals surface area contributed by atoms with Crippen LogP contribution in [0.3, 0.4) is 0 Å². The van der Waals surface area contributed by atoms with E-state index in [1.54, 1.807) is 11.8 Å². The smallest absolute Gasteiger partial charge is 0.0984 e. The Hall–Kier alpha value is -1.89. The zero-order valence-electron chi connectivity index (χ0n) is 10.5. The fourth-order valence-corrected chi connectivity index (χ4v) is 3.95. The Bertz CT molecular complexity index is 746. The van der Waals surface area contributed by atoms with Crippen LogP contribution in [0.25, 0.3) is 5.70 Å². The number of halogens is 1. The monoisotopic (exact) mass is 298 g/mol. The average molecular weight is 299 g/mol. The molecule has 3 rings (SSSR count). The lowest BCUT2D eigenvalue weighted by molar-refractivity contribution is 1.12. The predicted molar refractivity (Wildman–Crippen MR) is 83.2 cm³/mol. The second kappa shape index (κ2) is 5.24. The highest BCUT2D eigenvalue weighted by Gasteiger charge is 2.29. The number of nitrogens with zero attached hydrogens (tertiary/aromatic N) is 1. The van der Waals surface area contributed by atoms with Crippen LogP contribution in [0.2, 0.25) is 5.02 Å². The first kappa shape index (κ1) is 13.1. The third-order valence-electron chi connectivity index (χ3n) is 3.28. The number of hydrogen-bond donors (Lipinski definition) is 1. The van der Waals surface area contributed by atoms with Gasteiger partial charge in [0, 0.05) is 15.5 Å². The number of fused-ring (bicyclic) bond motifs is 1. The molecular weight excluding hydrogens is 288 g/mol. The summed E-state index contributed by atoms with van der Waals surface area (Å²) in [6.07, 6.45) is 0. The van der Waals surface area contributed by atoms with Crippen molar-refractivity contribution in [2.24, 2.45) is 5.73 Å². The third kappa shape index (κ3) is 2.07. The Labute approximate surface area is 126 Å². The van der Waals surface area contributed by atoms with E-state index in [2.05, 4.69) is 6.07 Å². The molecule has 0 aromatic heterocycles. The lowest BCUT2D eigenvalue weighted by Crippen LogP contribution is -2.12. The van der Waals surface area contributed by atoms with E-state index in [1.165, 1.54) is 0 Å². The van der Waals surface area contributed by atoms with Gasteiger partial charge in [0.25, 0.3) is 0 Å². The number of nitriles is 1. The first-order valence-electron chi connectivity index (χ1n) is 6.12. The van der Waals surface area contributed by atoms with Crippen LogP contribution in [-0.2, 0) is 0 Å². The molecule has 0 fully saturated rings. The van der Waals surface area contributed by atoms with Gasteiger partial charge in [-0.3, -0.25) is 0 Å². The van der Waals surface area contributed by atoms with Crippen molar-refractivity contribution in [2.75, 3.05) is 0 Å². The van der Waals surface area contributed by atoms with Crippen molar-refractivity contribution in [2.45, 2.75) is 10.1 Å². The van der Waals surface area contributed by atoms with Crippen molar-refractivity contribution >= 4 is 29.1 Å². The molecule has 2 aromatic rings. The molecule has 0 aliphatic carbocycles. The van der Waals surface area contributed by atoms with Gasteiger partial charge in [0.05, 0.1) is 22.6 Å². The summed E-state index contributed by atoms with van der Waals surface area (Å²) in [5.74, 6) is 0. The Balaban J connectivity index is 2.19. The molecule has 0 bridgehead atoms. The van der Waals surface area contributed by atoms with E-state index in [9.17, 15) is 5.26 Å². The molecule has 2 aromatic carbocycles. The summed E-state index contributed by atoms with van der Waals surface area (Å²) in [7, 11) is 0. The molecule has 2 nitrogen and oxygen atoms in total. The van der Waals surface area contributed by atoms with E-state index >= 15 is 0 Å². The minimum atomic E-state index is -0.149. The van der Waals surface area contributed by atoms with Gasteiger partial charge < -0.3 is 5.73 Å². The maximum Gasteiger partial charge on any atom is 0.0984 e. The highest BCUT2D eigenvalue weighted by atomic mass is 35.5. The Kier molecular flexibility index (Phi) is 3.43. The molecule has 1 heterocycles. The zero-order valence-corrected chi connectivity index (χ0v) is 12.1. The van der Waals surface area contributed by atoms with E-state index in [0.29, 0.717) is 16.3 Å². The van der Waals surface area contributed by atoms with Crippen LogP contribution in [0.4, 0.5) is 0 Å². The fraction of sp³-hybridized carbons (Fsp3) is 0.0625. The van der Waals surface area contributed by atoms with Gasteiger partial charge in [-0.15, -0.1) is 11.8 Å². The van der Waals surface area contributed by atoms with Crippen LogP contribution < -0.4 is 5.73 Å². The third-order valence-corrected chi connectivity index (χ3v) is 4.96. The SMILES string of the molecule is N#CC1=C(N)c2ccccc2SC1c1ccccc1Cl. The predicted octanol–water partition coefficient (Wildman–Crippen LogP) is 4.38. The van der Waals surface area contributed by atoms with Gasteiger partial charge in [-0.1, -0.05) is 48.0 Å². The molecule has 1 aliphatic rings. The summed E-state index contributed by atoms with van der Waals surface area (Å²) in [5.41, 5.74) is 9.15. The van der Waals surface area contributed by atoms with Crippen LogP contribution in [0.5, 0.6) is 0 Å². The standard InChI is InChI=1S/C16H11ClN2S/c17-13-7-3-1-5-10(13)16-12(9-18)15(19)11-6-2-4-8-14(11)20-16/h1-8,16H,19H2. The van der Waals surface area contributed by atoms with Crippen LogP contribution in [0.15, 0.2) is 59.0 Å². The van der Waals surface area contributed by atoms with Crippen LogP contribution in [-0.4, -0.2) is 0 Å². The van der Waals surface area contributed by atoms with Gasteiger partial charge in [-0.25, -0.2) is 0 Å². The first-order chi connectivity index (χ1) is 9.72. The van der Waals surface area contributed by atoms with Crippen molar-refractivity contribution in [3.63, 3.8) is 0 Å². The minimum absolute atomic E-state index is 0.149. The van der Waals surface area contributed by atoms with Gasteiger partial charge >= 0.3 is 0 Å². The molecule has 1 aliphatic heterocycles. The first-order valence-corrected chi connectivity index (χ1v) is 7.38. The molecule has 20 heavy (non-hydrogen) atoms. The molecule has 0 radical (unpaired) electrons. The quantitative estimate of drug-likeness (QED) is 0.850. The molecule has 0 saturated heterocycles. The highest BCUT2D eigenvalue weighted by molar-refractivity contribution is 8.00. The van der Waals surface area contributed by atoms with E-state index in [1.807, 2.05) is 48.5 Å². The van der Waals surface area contributed by atoms with Crippen molar-refractivity contribution in [3.05, 3.63) is 70.3 Å². The number of hydrogen-bond acceptors (Lipinski definition) is 3. The topological polar surface area (TPSA) is 49.8 Å². The fourth-order valence-electron chi connectivity index (χ4n) is 2.29. The summed E-state index contributed by atoms with van der Waals surface area (Å²) in [4.78, 5) is 1.08. The number of nitrogens with two attached hydrogens (primary N) is 1.